The van der Waals surface area contributed by atoms with E-state index in [1.54, 1.807) is 6.08 Å². The highest BCUT2D eigenvalue weighted by molar-refractivity contribution is 5.97. The highest BCUT2D eigenvalue weighted by Gasteiger charge is 2.20. The minimum Gasteiger partial charge on any atom is -0.496 e. The third-order valence-electron chi connectivity index (χ3n) is 2.60. The van der Waals surface area contributed by atoms with Crippen LogP contribution in [-0.2, 0) is 15.9 Å². The van der Waals surface area contributed by atoms with E-state index in [-0.39, 0.29) is 11.1 Å². The lowest BCUT2D eigenvalue weighted by Gasteiger charge is -2.13. The largest absolute Gasteiger partial charge is 0.496 e. The number of rotatable bonds is 5. The summed E-state index contributed by atoms with van der Waals surface area (Å²) in [6.45, 7) is 3.63. The van der Waals surface area contributed by atoms with Crippen molar-refractivity contribution in [3.05, 3.63) is 41.5 Å². The third-order valence-corrected chi connectivity index (χ3v) is 2.60. The number of carbonyl (C=O) groups is 2. The van der Waals surface area contributed by atoms with Gasteiger partial charge in [-0.15, -0.1) is 6.58 Å². The van der Waals surface area contributed by atoms with Gasteiger partial charge in [0.1, 0.15) is 5.75 Å². The van der Waals surface area contributed by atoms with Gasteiger partial charge in [0.25, 0.3) is 0 Å². The first-order chi connectivity index (χ1) is 9.08. The number of esters is 2. The van der Waals surface area contributed by atoms with Crippen LogP contribution in [0.4, 0.5) is 0 Å². The first-order valence-corrected chi connectivity index (χ1v) is 5.57. The highest BCUT2D eigenvalue weighted by atomic mass is 16.5. The van der Waals surface area contributed by atoms with Crippen LogP contribution in [-0.4, -0.2) is 33.3 Å². The Morgan fingerprint density at radius 3 is 2.26 bits per heavy atom. The molecule has 5 nitrogen and oxygen atoms in total. The Hall–Kier alpha value is -2.30. The highest BCUT2D eigenvalue weighted by Crippen LogP contribution is 2.26. The molecule has 0 N–H and O–H groups in total. The minimum absolute atomic E-state index is 0.229. The molecule has 0 aliphatic rings. The van der Waals surface area contributed by atoms with Crippen LogP contribution in [0.2, 0.25) is 0 Å². The van der Waals surface area contributed by atoms with Gasteiger partial charge < -0.3 is 14.2 Å². The van der Waals surface area contributed by atoms with E-state index in [9.17, 15) is 9.59 Å². The number of carbonyl (C=O) groups excluding carboxylic acids is 2. The molecule has 0 aromatic heterocycles. The Labute approximate surface area is 111 Å². The molecule has 0 amide bonds. The Morgan fingerprint density at radius 2 is 1.79 bits per heavy atom. The first-order valence-electron chi connectivity index (χ1n) is 5.57. The molecule has 0 aliphatic carbocycles. The van der Waals surface area contributed by atoms with Crippen molar-refractivity contribution in [2.45, 2.75) is 6.42 Å². The number of hydrogen-bond donors (Lipinski definition) is 0. The molecule has 0 spiro atoms. The summed E-state index contributed by atoms with van der Waals surface area (Å²) in [6.07, 6.45) is 2.07. The molecular weight excluding hydrogens is 248 g/mol. The SMILES string of the molecule is C=CCc1c(OC)cc(C(=O)OC)cc1C(=O)OC. The Morgan fingerprint density at radius 1 is 1.16 bits per heavy atom. The maximum absolute atomic E-state index is 11.8. The molecule has 0 aliphatic heterocycles. The fraction of sp³-hybridized carbons (Fsp3) is 0.286. The quantitative estimate of drug-likeness (QED) is 0.601. The van der Waals surface area contributed by atoms with Gasteiger partial charge in [-0.1, -0.05) is 6.08 Å². The number of allylic oxidation sites excluding steroid dienone is 1. The van der Waals surface area contributed by atoms with Gasteiger partial charge in [-0.05, 0) is 18.6 Å². The predicted molar refractivity (Wildman–Crippen MR) is 69.6 cm³/mol. The van der Waals surface area contributed by atoms with E-state index in [4.69, 9.17) is 9.47 Å². The molecule has 0 saturated heterocycles. The van der Waals surface area contributed by atoms with Crippen LogP contribution < -0.4 is 4.74 Å². The van der Waals surface area contributed by atoms with Crippen LogP contribution in [0.3, 0.4) is 0 Å². The smallest absolute Gasteiger partial charge is 0.338 e. The lowest BCUT2D eigenvalue weighted by atomic mass is 10.00. The summed E-state index contributed by atoms with van der Waals surface area (Å²) in [6, 6.07) is 2.95. The normalized spacial score (nSPS) is 9.63. The van der Waals surface area contributed by atoms with Crippen LogP contribution in [0.1, 0.15) is 26.3 Å². The van der Waals surface area contributed by atoms with Gasteiger partial charge in [-0.2, -0.15) is 0 Å². The minimum atomic E-state index is -0.548. The molecule has 5 heteroatoms. The Balaban J connectivity index is 3.48. The number of benzene rings is 1. The molecule has 102 valence electrons. The number of methoxy groups -OCH3 is 3. The van der Waals surface area contributed by atoms with Crippen molar-refractivity contribution in [2.75, 3.05) is 21.3 Å². The fourth-order valence-electron chi connectivity index (χ4n) is 1.71. The fourth-order valence-corrected chi connectivity index (χ4v) is 1.71. The second-order valence-corrected chi connectivity index (χ2v) is 3.68. The second-order valence-electron chi connectivity index (χ2n) is 3.68. The number of ether oxygens (including phenoxy) is 3. The maximum atomic E-state index is 11.8. The summed E-state index contributed by atoms with van der Waals surface area (Å²) in [5.74, 6) is -0.669. The molecular formula is C14H16O5. The lowest BCUT2D eigenvalue weighted by Crippen LogP contribution is -2.11. The summed E-state index contributed by atoms with van der Waals surface area (Å²) >= 11 is 0. The van der Waals surface area contributed by atoms with Crippen molar-refractivity contribution in [1.29, 1.82) is 0 Å². The number of hydrogen-bond acceptors (Lipinski definition) is 5. The summed E-state index contributed by atoms with van der Waals surface area (Å²) < 4.78 is 14.6. The summed E-state index contributed by atoms with van der Waals surface area (Å²) in [4.78, 5) is 23.3. The Bertz CT molecular complexity index is 505. The van der Waals surface area contributed by atoms with Crippen molar-refractivity contribution in [3.8, 4) is 5.75 Å². The average molecular weight is 264 g/mol. The van der Waals surface area contributed by atoms with Crippen LogP contribution >= 0.6 is 0 Å². The van der Waals surface area contributed by atoms with Crippen molar-refractivity contribution in [2.24, 2.45) is 0 Å². The molecule has 1 rings (SSSR count). The van der Waals surface area contributed by atoms with E-state index in [0.29, 0.717) is 17.7 Å². The van der Waals surface area contributed by atoms with Crippen LogP contribution in [0, 0.1) is 0 Å². The van der Waals surface area contributed by atoms with Gasteiger partial charge in [0.2, 0.25) is 0 Å². The van der Waals surface area contributed by atoms with Gasteiger partial charge in [-0.25, -0.2) is 9.59 Å². The zero-order chi connectivity index (χ0) is 14.4. The zero-order valence-corrected chi connectivity index (χ0v) is 11.2. The molecule has 19 heavy (non-hydrogen) atoms. The molecule has 0 saturated carbocycles. The van der Waals surface area contributed by atoms with Gasteiger partial charge in [0.15, 0.2) is 0 Å². The van der Waals surface area contributed by atoms with Crippen molar-refractivity contribution in [3.63, 3.8) is 0 Å². The van der Waals surface area contributed by atoms with Crippen LogP contribution in [0.25, 0.3) is 0 Å². The zero-order valence-electron chi connectivity index (χ0n) is 11.2. The predicted octanol–water partition coefficient (Wildman–Crippen LogP) is 2.00. The van der Waals surface area contributed by atoms with E-state index in [2.05, 4.69) is 11.3 Å². The monoisotopic (exact) mass is 264 g/mol. The van der Waals surface area contributed by atoms with Crippen LogP contribution in [0.5, 0.6) is 5.75 Å². The molecule has 0 atom stereocenters. The van der Waals surface area contributed by atoms with E-state index < -0.39 is 11.9 Å². The topological polar surface area (TPSA) is 61.8 Å². The molecule has 1 aromatic carbocycles. The molecule has 0 radical (unpaired) electrons. The van der Waals surface area contributed by atoms with Gasteiger partial charge in [0, 0.05) is 5.56 Å². The molecule has 0 bridgehead atoms. The first kappa shape index (κ1) is 14.8. The van der Waals surface area contributed by atoms with Crippen molar-refractivity contribution in [1.82, 2.24) is 0 Å². The van der Waals surface area contributed by atoms with Gasteiger partial charge in [-0.3, -0.25) is 0 Å². The molecule has 0 unspecified atom stereocenters. The van der Waals surface area contributed by atoms with Crippen LogP contribution in [0.15, 0.2) is 24.8 Å². The van der Waals surface area contributed by atoms with Crippen molar-refractivity contribution >= 4 is 11.9 Å². The average Bonchev–Trinajstić information content (AvgIpc) is 2.45. The molecule has 0 fully saturated rings. The lowest BCUT2D eigenvalue weighted by molar-refractivity contribution is 0.0597. The summed E-state index contributed by atoms with van der Waals surface area (Å²) in [5.41, 5.74) is 1.12. The van der Waals surface area contributed by atoms with E-state index in [0.717, 1.165) is 0 Å². The molecule has 1 aromatic rings. The third kappa shape index (κ3) is 3.13. The standard InChI is InChI=1S/C14H16O5/c1-5-6-10-11(14(16)19-4)7-9(13(15)18-3)8-12(10)17-2/h5,7-8H,1,6H2,2-4H3. The van der Waals surface area contributed by atoms with E-state index in [1.807, 2.05) is 0 Å². The van der Waals surface area contributed by atoms with Gasteiger partial charge >= 0.3 is 11.9 Å². The summed E-state index contributed by atoms with van der Waals surface area (Å²) in [7, 11) is 4.01. The van der Waals surface area contributed by atoms with Crippen molar-refractivity contribution < 1.29 is 23.8 Å². The van der Waals surface area contributed by atoms with E-state index >= 15 is 0 Å². The second kappa shape index (κ2) is 6.58. The van der Waals surface area contributed by atoms with E-state index in [1.165, 1.54) is 33.5 Å². The maximum Gasteiger partial charge on any atom is 0.338 e. The summed E-state index contributed by atoms with van der Waals surface area (Å²) in [5, 5.41) is 0. The molecule has 0 heterocycles. The van der Waals surface area contributed by atoms with Gasteiger partial charge in [0.05, 0.1) is 32.5 Å². The Kier molecular flexibility index (Phi) is 5.11.